The SMILES string of the molecule is CCN(CCN)c1nc2ccccc2o1. The number of para-hydroxylation sites is 2. The minimum absolute atomic E-state index is 0.604. The Labute approximate surface area is 88.7 Å². The van der Waals surface area contributed by atoms with Gasteiger partial charge in [-0.15, -0.1) is 0 Å². The van der Waals surface area contributed by atoms with Crippen LogP contribution in [0.25, 0.3) is 11.1 Å². The van der Waals surface area contributed by atoms with Crippen molar-refractivity contribution >= 4 is 17.1 Å². The number of hydrogen-bond acceptors (Lipinski definition) is 4. The van der Waals surface area contributed by atoms with Gasteiger partial charge in [-0.05, 0) is 19.1 Å². The van der Waals surface area contributed by atoms with E-state index in [9.17, 15) is 0 Å². The predicted octanol–water partition coefficient (Wildman–Crippen LogP) is 1.61. The number of fused-ring (bicyclic) bond motifs is 1. The lowest BCUT2D eigenvalue weighted by atomic mass is 10.3. The second kappa shape index (κ2) is 4.31. The number of anilines is 1. The zero-order chi connectivity index (χ0) is 10.7. The molecule has 0 spiro atoms. The number of hydrogen-bond donors (Lipinski definition) is 1. The monoisotopic (exact) mass is 205 g/mol. The maximum absolute atomic E-state index is 5.63. The van der Waals surface area contributed by atoms with Crippen molar-refractivity contribution in [2.45, 2.75) is 6.92 Å². The normalized spacial score (nSPS) is 10.8. The maximum Gasteiger partial charge on any atom is 0.298 e. The molecule has 0 saturated carbocycles. The Balaban J connectivity index is 2.34. The van der Waals surface area contributed by atoms with Crippen LogP contribution in [0.4, 0.5) is 6.01 Å². The van der Waals surface area contributed by atoms with Crippen molar-refractivity contribution in [2.24, 2.45) is 5.73 Å². The minimum atomic E-state index is 0.604. The van der Waals surface area contributed by atoms with E-state index in [2.05, 4.69) is 11.9 Å². The number of aromatic nitrogens is 1. The van der Waals surface area contributed by atoms with Crippen LogP contribution in [0.1, 0.15) is 6.92 Å². The Morgan fingerprint density at radius 1 is 1.40 bits per heavy atom. The summed E-state index contributed by atoms with van der Waals surface area (Å²) in [5.41, 5.74) is 7.24. The molecule has 0 aliphatic carbocycles. The molecule has 2 aromatic rings. The molecule has 80 valence electrons. The summed E-state index contributed by atoms with van der Waals surface area (Å²) in [6, 6.07) is 8.41. The highest BCUT2D eigenvalue weighted by atomic mass is 16.4. The van der Waals surface area contributed by atoms with Crippen molar-refractivity contribution in [3.05, 3.63) is 24.3 Å². The molecular formula is C11H15N3O. The minimum Gasteiger partial charge on any atom is -0.423 e. The summed E-state index contributed by atoms with van der Waals surface area (Å²) in [5.74, 6) is 0. The van der Waals surface area contributed by atoms with Gasteiger partial charge in [-0.25, -0.2) is 0 Å². The molecular weight excluding hydrogens is 190 g/mol. The molecule has 2 rings (SSSR count). The molecule has 4 heteroatoms. The van der Waals surface area contributed by atoms with E-state index in [1.807, 2.05) is 29.2 Å². The first-order chi connectivity index (χ1) is 7.35. The van der Waals surface area contributed by atoms with Gasteiger partial charge in [0.25, 0.3) is 6.01 Å². The van der Waals surface area contributed by atoms with Gasteiger partial charge in [-0.2, -0.15) is 4.98 Å². The van der Waals surface area contributed by atoms with E-state index in [4.69, 9.17) is 10.2 Å². The van der Waals surface area contributed by atoms with Crippen molar-refractivity contribution in [3.8, 4) is 0 Å². The first-order valence-corrected chi connectivity index (χ1v) is 5.15. The van der Waals surface area contributed by atoms with E-state index in [0.717, 1.165) is 24.2 Å². The largest absolute Gasteiger partial charge is 0.423 e. The van der Waals surface area contributed by atoms with Crippen LogP contribution >= 0.6 is 0 Å². The van der Waals surface area contributed by atoms with Crippen LogP contribution in [0.15, 0.2) is 28.7 Å². The van der Waals surface area contributed by atoms with Crippen LogP contribution < -0.4 is 10.6 Å². The molecule has 0 saturated heterocycles. The summed E-state index contributed by atoms with van der Waals surface area (Å²) in [4.78, 5) is 6.43. The summed E-state index contributed by atoms with van der Waals surface area (Å²) < 4.78 is 5.63. The average Bonchev–Trinajstić information content (AvgIpc) is 2.69. The van der Waals surface area contributed by atoms with E-state index in [1.165, 1.54) is 0 Å². The van der Waals surface area contributed by atoms with Crippen LogP contribution in [0, 0.1) is 0 Å². The van der Waals surface area contributed by atoms with Gasteiger partial charge in [0.05, 0.1) is 0 Å². The molecule has 4 nitrogen and oxygen atoms in total. The number of rotatable bonds is 4. The lowest BCUT2D eigenvalue weighted by Crippen LogP contribution is -2.29. The Morgan fingerprint density at radius 2 is 2.20 bits per heavy atom. The third-order valence-corrected chi connectivity index (χ3v) is 2.33. The van der Waals surface area contributed by atoms with E-state index in [-0.39, 0.29) is 0 Å². The summed E-state index contributed by atoms with van der Waals surface area (Å²) in [5, 5.41) is 0. The topological polar surface area (TPSA) is 55.3 Å². The molecule has 2 N–H and O–H groups in total. The van der Waals surface area contributed by atoms with E-state index < -0.39 is 0 Å². The van der Waals surface area contributed by atoms with E-state index in [1.54, 1.807) is 0 Å². The van der Waals surface area contributed by atoms with Crippen molar-refractivity contribution in [1.82, 2.24) is 4.98 Å². The van der Waals surface area contributed by atoms with Crippen LogP contribution in [0.2, 0.25) is 0 Å². The Kier molecular flexibility index (Phi) is 2.87. The Bertz CT molecular complexity index is 405. The van der Waals surface area contributed by atoms with Crippen LogP contribution in [0.3, 0.4) is 0 Å². The van der Waals surface area contributed by atoms with Crippen molar-refractivity contribution < 1.29 is 4.42 Å². The van der Waals surface area contributed by atoms with Gasteiger partial charge in [0.2, 0.25) is 0 Å². The lowest BCUT2D eigenvalue weighted by molar-refractivity contribution is 0.572. The van der Waals surface area contributed by atoms with Gasteiger partial charge < -0.3 is 15.1 Å². The smallest absolute Gasteiger partial charge is 0.298 e. The van der Waals surface area contributed by atoms with Gasteiger partial charge in [0.15, 0.2) is 5.58 Å². The third-order valence-electron chi connectivity index (χ3n) is 2.33. The second-order valence-electron chi connectivity index (χ2n) is 3.33. The standard InChI is InChI=1S/C11H15N3O/c1-2-14(8-7-12)11-13-9-5-3-4-6-10(9)15-11/h3-6H,2,7-8,12H2,1H3. The lowest BCUT2D eigenvalue weighted by Gasteiger charge is -2.16. The van der Waals surface area contributed by atoms with Crippen LogP contribution in [-0.4, -0.2) is 24.6 Å². The molecule has 0 bridgehead atoms. The van der Waals surface area contributed by atoms with Crippen molar-refractivity contribution in [1.29, 1.82) is 0 Å². The summed E-state index contributed by atoms with van der Waals surface area (Å²) in [7, 11) is 0. The molecule has 0 unspecified atom stereocenters. The van der Waals surface area contributed by atoms with Crippen LogP contribution in [-0.2, 0) is 0 Å². The molecule has 1 heterocycles. The second-order valence-corrected chi connectivity index (χ2v) is 3.33. The Hall–Kier alpha value is -1.55. The number of benzene rings is 1. The summed E-state index contributed by atoms with van der Waals surface area (Å²) in [6.45, 7) is 4.28. The van der Waals surface area contributed by atoms with E-state index in [0.29, 0.717) is 12.6 Å². The average molecular weight is 205 g/mol. The Morgan fingerprint density at radius 3 is 2.87 bits per heavy atom. The highest BCUT2D eigenvalue weighted by Crippen LogP contribution is 2.20. The first kappa shape index (κ1) is 9.98. The molecule has 15 heavy (non-hydrogen) atoms. The fourth-order valence-corrected chi connectivity index (χ4v) is 1.54. The van der Waals surface area contributed by atoms with Crippen molar-refractivity contribution in [3.63, 3.8) is 0 Å². The van der Waals surface area contributed by atoms with Gasteiger partial charge in [-0.3, -0.25) is 0 Å². The summed E-state index contributed by atoms with van der Waals surface area (Å²) in [6.07, 6.45) is 0. The fraction of sp³-hybridized carbons (Fsp3) is 0.364. The van der Waals surface area contributed by atoms with Gasteiger partial charge in [0, 0.05) is 19.6 Å². The number of nitrogens with zero attached hydrogens (tertiary/aromatic N) is 2. The molecule has 0 fully saturated rings. The number of likely N-dealkylation sites (N-methyl/N-ethyl adjacent to an activating group) is 1. The highest BCUT2D eigenvalue weighted by molar-refractivity contribution is 5.74. The quantitative estimate of drug-likeness (QED) is 0.824. The number of oxazole rings is 1. The van der Waals surface area contributed by atoms with Gasteiger partial charge in [-0.1, -0.05) is 12.1 Å². The van der Waals surface area contributed by atoms with Gasteiger partial charge in [0.1, 0.15) is 5.52 Å². The van der Waals surface area contributed by atoms with E-state index >= 15 is 0 Å². The molecule has 1 aromatic carbocycles. The third kappa shape index (κ3) is 1.94. The summed E-state index contributed by atoms with van der Waals surface area (Å²) >= 11 is 0. The fourth-order valence-electron chi connectivity index (χ4n) is 1.54. The molecule has 0 aliphatic heterocycles. The number of nitrogens with two attached hydrogens (primary N) is 1. The molecule has 0 amide bonds. The zero-order valence-corrected chi connectivity index (χ0v) is 8.81. The zero-order valence-electron chi connectivity index (χ0n) is 8.81. The molecule has 0 atom stereocenters. The molecule has 0 radical (unpaired) electrons. The highest BCUT2D eigenvalue weighted by Gasteiger charge is 2.10. The van der Waals surface area contributed by atoms with Crippen molar-refractivity contribution in [2.75, 3.05) is 24.5 Å². The van der Waals surface area contributed by atoms with Gasteiger partial charge >= 0.3 is 0 Å². The molecule has 1 aromatic heterocycles. The first-order valence-electron chi connectivity index (χ1n) is 5.15. The predicted molar refractivity (Wildman–Crippen MR) is 61.0 cm³/mol. The molecule has 0 aliphatic rings. The van der Waals surface area contributed by atoms with Crippen LogP contribution in [0.5, 0.6) is 0 Å². The maximum atomic E-state index is 5.63.